The zero-order valence-electron chi connectivity index (χ0n) is 17.5. The molecular formula is C24H22ClN3O2S. The van der Waals surface area contributed by atoms with Gasteiger partial charge in [-0.15, -0.1) is 0 Å². The van der Waals surface area contributed by atoms with Gasteiger partial charge in [0.15, 0.2) is 10.7 Å². The molecule has 0 aliphatic rings. The van der Waals surface area contributed by atoms with Gasteiger partial charge in [-0.2, -0.15) is 0 Å². The Balaban J connectivity index is 1.69. The third kappa shape index (κ3) is 4.86. The van der Waals surface area contributed by atoms with Crippen LogP contribution in [0.5, 0.6) is 5.75 Å². The number of amides is 1. The molecule has 0 bridgehead atoms. The molecular weight excluding hydrogens is 430 g/mol. The van der Waals surface area contributed by atoms with Crippen molar-refractivity contribution in [2.75, 3.05) is 4.90 Å². The summed E-state index contributed by atoms with van der Waals surface area (Å²) in [6.45, 7) is 5.85. The Hall–Kier alpha value is -2.96. The van der Waals surface area contributed by atoms with E-state index in [1.165, 1.54) is 11.3 Å². The van der Waals surface area contributed by atoms with Gasteiger partial charge >= 0.3 is 0 Å². The molecule has 4 rings (SSSR count). The van der Waals surface area contributed by atoms with Crippen molar-refractivity contribution in [3.63, 3.8) is 0 Å². The summed E-state index contributed by atoms with van der Waals surface area (Å²) in [4.78, 5) is 24.5. The van der Waals surface area contributed by atoms with Crippen LogP contribution in [0.4, 0.5) is 5.13 Å². The van der Waals surface area contributed by atoms with Crippen LogP contribution in [-0.4, -0.2) is 21.5 Å². The lowest BCUT2D eigenvalue weighted by molar-refractivity contribution is -0.131. The lowest BCUT2D eigenvalue weighted by atomic mass is 10.1. The Morgan fingerprint density at radius 2 is 1.90 bits per heavy atom. The minimum atomic E-state index is -1.13. The summed E-state index contributed by atoms with van der Waals surface area (Å²) >= 11 is 7.46. The molecule has 31 heavy (non-hydrogen) atoms. The van der Waals surface area contributed by atoms with Crippen LogP contribution < -0.4 is 9.64 Å². The smallest absolute Gasteiger partial charge is 0.272 e. The number of ether oxygens (including phenoxy) is 1. The van der Waals surface area contributed by atoms with Gasteiger partial charge in [-0.25, -0.2) is 4.98 Å². The number of carbonyl (C=O) groups is 1. The number of rotatable bonds is 6. The van der Waals surface area contributed by atoms with Gasteiger partial charge in [-0.3, -0.25) is 14.7 Å². The Labute approximate surface area is 190 Å². The highest BCUT2D eigenvalue weighted by atomic mass is 35.5. The summed E-state index contributed by atoms with van der Waals surface area (Å²) in [6, 6.07) is 18.7. The van der Waals surface area contributed by atoms with Crippen LogP contribution in [0.3, 0.4) is 0 Å². The molecule has 2 heterocycles. The van der Waals surface area contributed by atoms with Crippen LogP contribution in [-0.2, 0) is 11.3 Å². The number of anilines is 1. The van der Waals surface area contributed by atoms with Crippen molar-refractivity contribution >= 4 is 44.2 Å². The Kier molecular flexibility index (Phi) is 5.94. The second-order valence-electron chi connectivity index (χ2n) is 7.75. The van der Waals surface area contributed by atoms with Crippen molar-refractivity contribution in [3.8, 4) is 5.75 Å². The number of carbonyl (C=O) groups excluding carboxylic acids is 1. The van der Waals surface area contributed by atoms with Crippen molar-refractivity contribution in [1.82, 2.24) is 9.97 Å². The molecule has 0 saturated carbocycles. The number of benzene rings is 2. The standard InChI is InChI=1S/C24H22ClN3O2S/c1-16-7-12-20-21(14-16)31-23(27-20)28(15-18-6-4-5-13-26-18)22(29)24(2,3)30-19-10-8-17(25)9-11-19/h4-14H,15H2,1-3H3. The Bertz CT molecular complexity index is 1210. The SMILES string of the molecule is Cc1ccc2nc(N(Cc3ccccn3)C(=O)C(C)(C)Oc3ccc(Cl)cc3)sc2c1. The summed E-state index contributed by atoms with van der Waals surface area (Å²) < 4.78 is 7.09. The van der Waals surface area contributed by atoms with E-state index >= 15 is 0 Å². The molecule has 0 fully saturated rings. The Morgan fingerprint density at radius 1 is 1.13 bits per heavy atom. The molecule has 158 valence electrons. The van der Waals surface area contributed by atoms with Crippen molar-refractivity contribution in [2.24, 2.45) is 0 Å². The zero-order valence-corrected chi connectivity index (χ0v) is 19.1. The van der Waals surface area contributed by atoms with E-state index in [0.29, 0.717) is 22.4 Å². The van der Waals surface area contributed by atoms with Gasteiger partial charge in [-0.05, 0) is 74.9 Å². The first-order valence-electron chi connectivity index (χ1n) is 9.85. The zero-order chi connectivity index (χ0) is 22.0. The predicted molar refractivity (Wildman–Crippen MR) is 126 cm³/mol. The molecule has 0 saturated heterocycles. The molecule has 2 aromatic carbocycles. The fourth-order valence-corrected chi connectivity index (χ4v) is 4.37. The van der Waals surface area contributed by atoms with Gasteiger partial charge in [-0.1, -0.05) is 35.1 Å². The Morgan fingerprint density at radius 3 is 2.61 bits per heavy atom. The van der Waals surface area contributed by atoms with Crippen molar-refractivity contribution in [1.29, 1.82) is 0 Å². The van der Waals surface area contributed by atoms with E-state index in [1.54, 1.807) is 49.2 Å². The molecule has 1 amide bonds. The molecule has 2 aromatic heterocycles. The molecule has 7 heteroatoms. The lowest BCUT2D eigenvalue weighted by Gasteiger charge is -2.31. The van der Waals surface area contributed by atoms with E-state index in [2.05, 4.69) is 11.1 Å². The lowest BCUT2D eigenvalue weighted by Crippen LogP contribution is -2.49. The molecule has 4 aromatic rings. The summed E-state index contributed by atoms with van der Waals surface area (Å²) in [5.74, 6) is 0.365. The van der Waals surface area contributed by atoms with E-state index in [-0.39, 0.29) is 5.91 Å². The molecule has 0 spiro atoms. The highest BCUT2D eigenvalue weighted by molar-refractivity contribution is 7.22. The number of pyridine rings is 1. The maximum Gasteiger partial charge on any atom is 0.272 e. The number of aromatic nitrogens is 2. The summed E-state index contributed by atoms with van der Waals surface area (Å²) in [5, 5.41) is 1.22. The van der Waals surface area contributed by atoms with Gasteiger partial charge < -0.3 is 4.74 Å². The molecule has 0 radical (unpaired) electrons. The number of thiazole rings is 1. The van der Waals surface area contributed by atoms with Crippen LogP contribution in [0.2, 0.25) is 5.02 Å². The van der Waals surface area contributed by atoms with Crippen LogP contribution in [0.1, 0.15) is 25.1 Å². The average molecular weight is 452 g/mol. The van der Waals surface area contributed by atoms with Crippen molar-refractivity contribution in [2.45, 2.75) is 32.9 Å². The fourth-order valence-electron chi connectivity index (χ4n) is 3.18. The topological polar surface area (TPSA) is 55.3 Å². The highest BCUT2D eigenvalue weighted by Crippen LogP contribution is 2.32. The number of halogens is 1. The minimum absolute atomic E-state index is 0.205. The monoisotopic (exact) mass is 451 g/mol. The van der Waals surface area contributed by atoms with E-state index in [4.69, 9.17) is 21.3 Å². The molecule has 0 aliphatic heterocycles. The largest absolute Gasteiger partial charge is 0.478 e. The average Bonchev–Trinajstić information content (AvgIpc) is 3.16. The minimum Gasteiger partial charge on any atom is -0.478 e. The normalized spacial score (nSPS) is 11.5. The van der Waals surface area contributed by atoms with Gasteiger partial charge in [0.1, 0.15) is 5.75 Å². The number of hydrogen-bond acceptors (Lipinski definition) is 5. The third-order valence-electron chi connectivity index (χ3n) is 4.76. The van der Waals surface area contributed by atoms with E-state index in [0.717, 1.165) is 21.5 Å². The highest BCUT2D eigenvalue weighted by Gasteiger charge is 2.36. The fraction of sp³-hybridized carbons (Fsp3) is 0.208. The van der Waals surface area contributed by atoms with Crippen LogP contribution in [0.25, 0.3) is 10.2 Å². The number of aryl methyl sites for hydroxylation is 1. The van der Waals surface area contributed by atoms with Crippen LogP contribution in [0.15, 0.2) is 66.9 Å². The number of nitrogens with zero attached hydrogens (tertiary/aromatic N) is 3. The first kappa shape index (κ1) is 21.3. The molecule has 0 unspecified atom stereocenters. The van der Waals surface area contributed by atoms with E-state index in [9.17, 15) is 4.79 Å². The van der Waals surface area contributed by atoms with Gasteiger partial charge in [0, 0.05) is 11.2 Å². The van der Waals surface area contributed by atoms with Gasteiger partial charge in [0.05, 0.1) is 22.5 Å². The number of hydrogen-bond donors (Lipinski definition) is 0. The van der Waals surface area contributed by atoms with E-state index in [1.807, 2.05) is 37.3 Å². The molecule has 5 nitrogen and oxygen atoms in total. The second kappa shape index (κ2) is 8.65. The third-order valence-corrected chi connectivity index (χ3v) is 6.05. The van der Waals surface area contributed by atoms with E-state index < -0.39 is 5.60 Å². The first-order chi connectivity index (χ1) is 14.8. The van der Waals surface area contributed by atoms with Crippen LogP contribution in [0, 0.1) is 6.92 Å². The summed E-state index contributed by atoms with van der Waals surface area (Å²) in [7, 11) is 0. The van der Waals surface area contributed by atoms with Crippen molar-refractivity contribution in [3.05, 3.63) is 83.1 Å². The van der Waals surface area contributed by atoms with Crippen molar-refractivity contribution < 1.29 is 9.53 Å². The second-order valence-corrected chi connectivity index (χ2v) is 9.19. The molecule has 0 N–H and O–H groups in total. The quantitative estimate of drug-likeness (QED) is 0.358. The van der Waals surface area contributed by atoms with Gasteiger partial charge in [0.2, 0.25) is 0 Å². The molecule has 0 atom stereocenters. The summed E-state index contributed by atoms with van der Waals surface area (Å²) in [6.07, 6.45) is 1.72. The number of fused-ring (bicyclic) bond motifs is 1. The predicted octanol–water partition coefficient (Wildman–Crippen LogP) is 6.04. The van der Waals surface area contributed by atoms with Crippen LogP contribution >= 0.6 is 22.9 Å². The maximum atomic E-state index is 13.7. The van der Waals surface area contributed by atoms with Gasteiger partial charge in [0.25, 0.3) is 5.91 Å². The molecule has 0 aliphatic carbocycles. The first-order valence-corrected chi connectivity index (χ1v) is 11.0. The maximum absolute atomic E-state index is 13.7. The summed E-state index contributed by atoms with van der Waals surface area (Å²) in [5.41, 5.74) is 1.65.